The van der Waals surface area contributed by atoms with Gasteiger partial charge in [0.2, 0.25) is 0 Å². The van der Waals surface area contributed by atoms with Crippen molar-refractivity contribution < 1.29 is 9.18 Å². The van der Waals surface area contributed by atoms with Crippen molar-refractivity contribution in [3.63, 3.8) is 0 Å². The molecule has 0 fully saturated rings. The highest BCUT2D eigenvalue weighted by Gasteiger charge is 2.14. The van der Waals surface area contributed by atoms with Crippen LogP contribution in [0, 0.1) is 5.82 Å². The normalized spacial score (nSPS) is 11.2. The third-order valence-electron chi connectivity index (χ3n) is 1.50. The molecule has 0 saturated carbocycles. The molecule has 4 heteroatoms. The van der Waals surface area contributed by atoms with Crippen molar-refractivity contribution in [1.29, 1.82) is 0 Å². The maximum Gasteiger partial charge on any atom is 0.284 e. The van der Waals surface area contributed by atoms with Gasteiger partial charge in [0.1, 0.15) is 5.82 Å². The van der Waals surface area contributed by atoms with Gasteiger partial charge in [-0.05, 0) is 56.8 Å². The van der Waals surface area contributed by atoms with Crippen molar-refractivity contribution in [2.75, 3.05) is 0 Å². The molecule has 0 aliphatic carbocycles. The van der Waals surface area contributed by atoms with Crippen LogP contribution in [0.2, 0.25) is 0 Å². The predicted molar refractivity (Wildman–Crippen MR) is 60.5 cm³/mol. The van der Waals surface area contributed by atoms with Crippen LogP contribution in [-0.2, 0) is 0 Å². The summed E-state index contributed by atoms with van der Waals surface area (Å²) in [6.45, 7) is 5.74. The summed E-state index contributed by atoms with van der Waals surface area (Å²) in [4.78, 5) is 12.2. The van der Waals surface area contributed by atoms with E-state index in [1.807, 2.05) is 20.8 Å². The minimum atomic E-state index is -0.296. The lowest BCUT2D eigenvalue weighted by molar-refractivity contribution is 0.253. The first-order valence-electron chi connectivity index (χ1n) is 4.62. The van der Waals surface area contributed by atoms with Gasteiger partial charge in [-0.3, -0.25) is 4.79 Å². The molecule has 2 nitrogen and oxygen atoms in total. The van der Waals surface area contributed by atoms with Crippen LogP contribution in [0.5, 0.6) is 0 Å². The van der Waals surface area contributed by atoms with E-state index >= 15 is 0 Å². The lowest BCUT2D eigenvalue weighted by Crippen LogP contribution is -2.38. The molecule has 1 amide bonds. The largest absolute Gasteiger partial charge is 0.342 e. The smallest absolute Gasteiger partial charge is 0.284 e. The van der Waals surface area contributed by atoms with Gasteiger partial charge in [-0.15, -0.1) is 0 Å². The Hall–Kier alpha value is -1.03. The number of benzene rings is 1. The van der Waals surface area contributed by atoms with Crippen molar-refractivity contribution in [3.8, 4) is 0 Å². The van der Waals surface area contributed by atoms with Gasteiger partial charge in [-0.1, -0.05) is 0 Å². The number of thioether (sulfide) groups is 1. The molecule has 1 aromatic rings. The van der Waals surface area contributed by atoms with Crippen molar-refractivity contribution in [1.82, 2.24) is 5.32 Å². The highest BCUT2D eigenvalue weighted by Crippen LogP contribution is 2.19. The molecule has 0 atom stereocenters. The van der Waals surface area contributed by atoms with Gasteiger partial charge in [-0.25, -0.2) is 4.39 Å². The fourth-order valence-corrected chi connectivity index (χ4v) is 1.78. The zero-order valence-corrected chi connectivity index (χ0v) is 9.82. The van der Waals surface area contributed by atoms with Gasteiger partial charge >= 0.3 is 0 Å². The molecule has 82 valence electrons. The molecule has 0 aliphatic heterocycles. The Morgan fingerprint density at radius 3 is 2.27 bits per heavy atom. The SMILES string of the molecule is CC(C)(C)NC(=O)Sc1ccc(F)cc1. The van der Waals surface area contributed by atoms with Crippen LogP contribution in [0.3, 0.4) is 0 Å². The molecule has 0 radical (unpaired) electrons. The molecule has 1 N–H and O–H groups in total. The first-order valence-corrected chi connectivity index (χ1v) is 5.44. The lowest BCUT2D eigenvalue weighted by Gasteiger charge is -2.19. The second-order valence-electron chi connectivity index (χ2n) is 4.22. The van der Waals surface area contributed by atoms with Crippen molar-refractivity contribution in [2.24, 2.45) is 0 Å². The number of nitrogens with one attached hydrogen (secondary N) is 1. The topological polar surface area (TPSA) is 29.1 Å². The van der Waals surface area contributed by atoms with E-state index in [1.165, 1.54) is 12.1 Å². The minimum absolute atomic E-state index is 0.130. The number of halogens is 1. The zero-order valence-electron chi connectivity index (χ0n) is 9.00. The third kappa shape index (κ3) is 4.83. The van der Waals surface area contributed by atoms with Crippen LogP contribution in [0.15, 0.2) is 29.2 Å². The Morgan fingerprint density at radius 1 is 1.27 bits per heavy atom. The molecule has 15 heavy (non-hydrogen) atoms. The van der Waals surface area contributed by atoms with Gasteiger partial charge in [-0.2, -0.15) is 0 Å². The van der Waals surface area contributed by atoms with Gasteiger partial charge < -0.3 is 5.32 Å². The van der Waals surface area contributed by atoms with E-state index < -0.39 is 0 Å². The average Bonchev–Trinajstić information content (AvgIpc) is 2.05. The molecular formula is C11H14FNOS. The summed E-state index contributed by atoms with van der Waals surface area (Å²) < 4.78 is 12.6. The standard InChI is InChI=1S/C11H14FNOS/c1-11(2,3)13-10(14)15-9-6-4-8(12)5-7-9/h4-7H,1-3H3,(H,13,14). The van der Waals surface area contributed by atoms with E-state index in [2.05, 4.69) is 5.32 Å². The lowest BCUT2D eigenvalue weighted by atomic mass is 10.1. The molecule has 0 aliphatic rings. The summed E-state index contributed by atoms with van der Waals surface area (Å²) in [5, 5.41) is 2.68. The summed E-state index contributed by atoms with van der Waals surface area (Å²) in [6, 6.07) is 5.85. The number of amides is 1. The first kappa shape index (κ1) is 12.0. The molecule has 1 rings (SSSR count). The zero-order chi connectivity index (χ0) is 11.5. The minimum Gasteiger partial charge on any atom is -0.342 e. The number of rotatable bonds is 1. The second kappa shape index (κ2) is 4.66. The molecule has 0 unspecified atom stereocenters. The van der Waals surface area contributed by atoms with Crippen LogP contribution in [-0.4, -0.2) is 10.8 Å². The van der Waals surface area contributed by atoms with Gasteiger partial charge in [0.15, 0.2) is 0 Å². The summed E-state index contributed by atoms with van der Waals surface area (Å²) in [7, 11) is 0. The Kier molecular flexibility index (Phi) is 3.74. The van der Waals surface area contributed by atoms with Crippen LogP contribution in [0.1, 0.15) is 20.8 Å². The number of hydrogen-bond acceptors (Lipinski definition) is 2. The first-order chi connectivity index (χ1) is 6.87. The number of carbonyl (C=O) groups excluding carboxylic acids is 1. The van der Waals surface area contributed by atoms with E-state index in [0.717, 1.165) is 16.7 Å². The van der Waals surface area contributed by atoms with E-state index in [0.29, 0.717) is 0 Å². The predicted octanol–water partition coefficient (Wildman–Crippen LogP) is 3.43. The van der Waals surface area contributed by atoms with Crippen molar-refractivity contribution in [3.05, 3.63) is 30.1 Å². The quantitative estimate of drug-likeness (QED) is 0.745. The Labute approximate surface area is 93.3 Å². The molecule has 0 bridgehead atoms. The fraction of sp³-hybridized carbons (Fsp3) is 0.364. The highest BCUT2D eigenvalue weighted by molar-refractivity contribution is 8.13. The van der Waals surface area contributed by atoms with E-state index in [1.54, 1.807) is 12.1 Å². The van der Waals surface area contributed by atoms with Crippen LogP contribution in [0.25, 0.3) is 0 Å². The maximum absolute atomic E-state index is 12.6. The van der Waals surface area contributed by atoms with Gasteiger partial charge in [0.05, 0.1) is 0 Å². The summed E-state index contributed by atoms with van der Waals surface area (Å²) >= 11 is 1.06. The molecule has 0 aromatic heterocycles. The second-order valence-corrected chi connectivity index (χ2v) is 5.26. The molecule has 0 heterocycles. The molecule has 0 saturated heterocycles. The van der Waals surface area contributed by atoms with E-state index in [-0.39, 0.29) is 16.6 Å². The van der Waals surface area contributed by atoms with Crippen LogP contribution >= 0.6 is 11.8 Å². The summed E-state index contributed by atoms with van der Waals surface area (Å²) in [5.74, 6) is -0.296. The summed E-state index contributed by atoms with van der Waals surface area (Å²) in [5.41, 5.74) is -0.246. The third-order valence-corrected chi connectivity index (χ3v) is 2.30. The maximum atomic E-state index is 12.6. The highest BCUT2D eigenvalue weighted by atomic mass is 32.2. The Morgan fingerprint density at radius 2 is 1.80 bits per heavy atom. The molecule has 1 aromatic carbocycles. The summed E-state index contributed by atoms with van der Waals surface area (Å²) in [6.07, 6.45) is 0. The van der Waals surface area contributed by atoms with Crippen LogP contribution in [0.4, 0.5) is 9.18 Å². The Balaban J connectivity index is 2.55. The average molecular weight is 227 g/mol. The number of carbonyl (C=O) groups is 1. The van der Waals surface area contributed by atoms with Gasteiger partial charge in [0, 0.05) is 10.4 Å². The van der Waals surface area contributed by atoms with Crippen LogP contribution < -0.4 is 5.32 Å². The Bertz CT molecular complexity index is 343. The molecule has 0 spiro atoms. The monoisotopic (exact) mass is 227 g/mol. The number of hydrogen-bond donors (Lipinski definition) is 1. The van der Waals surface area contributed by atoms with E-state index in [9.17, 15) is 9.18 Å². The van der Waals surface area contributed by atoms with Crippen molar-refractivity contribution >= 4 is 17.0 Å². The van der Waals surface area contributed by atoms with Gasteiger partial charge in [0.25, 0.3) is 5.24 Å². The van der Waals surface area contributed by atoms with E-state index in [4.69, 9.17) is 0 Å². The molecular weight excluding hydrogens is 213 g/mol. The fourth-order valence-electron chi connectivity index (χ4n) is 0.941. The van der Waals surface area contributed by atoms with Crippen molar-refractivity contribution in [2.45, 2.75) is 31.2 Å².